The number of piperazine rings is 1. The van der Waals surface area contributed by atoms with E-state index in [-0.39, 0.29) is 19.3 Å². The minimum absolute atomic E-state index is 0.0283. The van der Waals surface area contributed by atoms with Gasteiger partial charge in [0.15, 0.2) is 0 Å². The van der Waals surface area contributed by atoms with Crippen molar-refractivity contribution in [2.24, 2.45) is 0 Å². The smallest absolute Gasteiger partial charge is 0.395 e. The van der Waals surface area contributed by atoms with Gasteiger partial charge in [0.25, 0.3) is 0 Å². The second-order valence-electron chi connectivity index (χ2n) is 8.81. The van der Waals surface area contributed by atoms with Gasteiger partial charge in [0.2, 0.25) is 0 Å². The molecule has 0 aliphatic carbocycles. The molecule has 3 rings (SSSR count). The molecule has 196 valence electrons. The summed E-state index contributed by atoms with van der Waals surface area (Å²) < 4.78 is 38.6. The number of alkyl halides is 3. The standard InChI is InChI=1S/C26H34F3N5O2/c1-4-21(20(3)22-5-7-24(30-15-22)33(11-13-35)12-14-36)18-32-9-10-34(19(2)17-32)25-8-6-23(16-31-25)26(27,28)29/h4-8,15-16,19,35-36H,3,9-14,17-18H2,1-2H3/b21-4-/t19-/m1/s1. The topological polar surface area (TPSA) is 76.0 Å². The van der Waals surface area contributed by atoms with E-state index in [0.717, 1.165) is 42.1 Å². The Balaban J connectivity index is 1.61. The molecule has 7 nitrogen and oxygen atoms in total. The SMILES string of the molecule is C=C(/C(=C\C)CN1CCN(c2ccc(C(F)(F)F)cn2)[C@H](C)C1)c1ccc(N(CCO)CCO)nc1. The number of aliphatic hydroxyl groups is 2. The van der Waals surface area contributed by atoms with Crippen LogP contribution in [-0.2, 0) is 6.18 Å². The number of hydrogen-bond donors (Lipinski definition) is 2. The Bertz CT molecular complexity index is 1020. The van der Waals surface area contributed by atoms with Gasteiger partial charge in [-0.3, -0.25) is 4.90 Å². The Morgan fingerprint density at radius 1 is 1.11 bits per heavy atom. The van der Waals surface area contributed by atoms with E-state index in [0.29, 0.717) is 37.8 Å². The molecule has 3 heterocycles. The average Bonchev–Trinajstić information content (AvgIpc) is 2.86. The Morgan fingerprint density at radius 3 is 2.33 bits per heavy atom. The quantitative estimate of drug-likeness (QED) is 0.479. The number of nitrogens with zero attached hydrogens (tertiary/aromatic N) is 5. The molecule has 36 heavy (non-hydrogen) atoms. The Morgan fingerprint density at radius 2 is 1.83 bits per heavy atom. The largest absolute Gasteiger partial charge is 0.417 e. The Labute approximate surface area is 210 Å². The number of aliphatic hydroxyl groups excluding tert-OH is 2. The van der Waals surface area contributed by atoms with Crippen molar-refractivity contribution >= 4 is 17.2 Å². The third-order valence-corrected chi connectivity index (χ3v) is 6.37. The zero-order valence-electron chi connectivity index (χ0n) is 20.7. The lowest BCUT2D eigenvalue weighted by Crippen LogP contribution is -2.52. The van der Waals surface area contributed by atoms with Crippen molar-refractivity contribution in [3.05, 3.63) is 66.0 Å². The van der Waals surface area contributed by atoms with Crippen LogP contribution in [0.25, 0.3) is 5.57 Å². The van der Waals surface area contributed by atoms with Crippen LogP contribution < -0.4 is 9.80 Å². The van der Waals surface area contributed by atoms with Crippen molar-refractivity contribution in [1.29, 1.82) is 0 Å². The molecule has 1 aliphatic heterocycles. The van der Waals surface area contributed by atoms with Crippen molar-refractivity contribution in [1.82, 2.24) is 14.9 Å². The summed E-state index contributed by atoms with van der Waals surface area (Å²) in [4.78, 5) is 14.7. The summed E-state index contributed by atoms with van der Waals surface area (Å²) in [5.41, 5.74) is 2.08. The zero-order valence-corrected chi connectivity index (χ0v) is 20.7. The van der Waals surface area contributed by atoms with Crippen molar-refractivity contribution in [3.63, 3.8) is 0 Å². The highest BCUT2D eigenvalue weighted by molar-refractivity contribution is 5.77. The molecular weight excluding hydrogens is 471 g/mol. The van der Waals surface area contributed by atoms with Crippen LogP contribution in [0.1, 0.15) is 25.0 Å². The number of allylic oxidation sites excluding steroid dienone is 1. The third kappa shape index (κ3) is 6.83. The Kier molecular flexibility index (Phi) is 9.47. The van der Waals surface area contributed by atoms with E-state index in [1.54, 1.807) is 6.20 Å². The molecule has 0 spiro atoms. The van der Waals surface area contributed by atoms with Crippen LogP contribution in [0, 0.1) is 0 Å². The highest BCUT2D eigenvalue weighted by Crippen LogP contribution is 2.30. The van der Waals surface area contributed by atoms with Crippen molar-refractivity contribution in [3.8, 4) is 0 Å². The normalized spacial score (nSPS) is 17.4. The molecular formula is C26H34F3N5O2. The maximum absolute atomic E-state index is 12.9. The molecule has 2 aromatic rings. The molecule has 0 amide bonds. The van der Waals surface area contributed by atoms with Crippen molar-refractivity contribution in [2.75, 3.05) is 62.3 Å². The van der Waals surface area contributed by atoms with E-state index in [1.807, 2.05) is 41.9 Å². The second-order valence-corrected chi connectivity index (χ2v) is 8.81. The molecule has 1 saturated heterocycles. The molecule has 1 atom stereocenters. The number of pyridine rings is 2. The van der Waals surface area contributed by atoms with E-state index in [9.17, 15) is 23.4 Å². The molecule has 1 aliphatic rings. The van der Waals surface area contributed by atoms with Crippen LogP contribution in [0.15, 0.2) is 54.9 Å². The molecule has 0 unspecified atom stereocenters. The fourth-order valence-corrected chi connectivity index (χ4v) is 4.36. The number of rotatable bonds is 10. The van der Waals surface area contributed by atoms with E-state index in [4.69, 9.17) is 0 Å². The number of halogens is 3. The number of hydrogen-bond acceptors (Lipinski definition) is 7. The number of anilines is 2. The summed E-state index contributed by atoms with van der Waals surface area (Å²) in [5.74, 6) is 1.23. The fraction of sp³-hybridized carbons (Fsp3) is 0.462. The lowest BCUT2D eigenvalue weighted by Gasteiger charge is -2.41. The first-order chi connectivity index (χ1) is 17.2. The first-order valence-corrected chi connectivity index (χ1v) is 12.0. The molecule has 0 radical (unpaired) electrons. The fourth-order valence-electron chi connectivity index (χ4n) is 4.36. The van der Waals surface area contributed by atoms with Gasteiger partial charge in [-0.05, 0) is 54.8 Å². The highest BCUT2D eigenvalue weighted by Gasteiger charge is 2.32. The van der Waals surface area contributed by atoms with Crippen LogP contribution in [-0.4, -0.2) is 83.6 Å². The van der Waals surface area contributed by atoms with Crippen molar-refractivity contribution < 1.29 is 23.4 Å². The molecule has 0 aromatic carbocycles. The molecule has 2 aromatic heterocycles. The van der Waals surface area contributed by atoms with Gasteiger partial charge in [0, 0.05) is 57.7 Å². The third-order valence-electron chi connectivity index (χ3n) is 6.37. The van der Waals surface area contributed by atoms with Gasteiger partial charge in [0.1, 0.15) is 11.6 Å². The predicted octanol–water partition coefficient (Wildman–Crippen LogP) is 3.46. The van der Waals surface area contributed by atoms with Crippen LogP contribution in [0.5, 0.6) is 0 Å². The number of aromatic nitrogens is 2. The predicted molar refractivity (Wildman–Crippen MR) is 136 cm³/mol. The molecule has 0 bridgehead atoms. The summed E-state index contributed by atoms with van der Waals surface area (Å²) in [6, 6.07) is 6.39. The van der Waals surface area contributed by atoms with Gasteiger partial charge in [-0.1, -0.05) is 12.7 Å². The Hall–Kier alpha value is -2.95. The minimum Gasteiger partial charge on any atom is -0.395 e. The highest BCUT2D eigenvalue weighted by atomic mass is 19.4. The van der Waals surface area contributed by atoms with Crippen LogP contribution >= 0.6 is 0 Å². The minimum atomic E-state index is -4.39. The van der Waals surface area contributed by atoms with E-state index < -0.39 is 11.7 Å². The lowest BCUT2D eigenvalue weighted by atomic mass is 9.99. The van der Waals surface area contributed by atoms with Gasteiger partial charge in [-0.15, -0.1) is 0 Å². The van der Waals surface area contributed by atoms with Gasteiger partial charge >= 0.3 is 6.18 Å². The zero-order chi connectivity index (χ0) is 26.3. The molecule has 1 fully saturated rings. The summed E-state index contributed by atoms with van der Waals surface area (Å²) in [6.45, 7) is 11.8. The average molecular weight is 506 g/mol. The van der Waals surface area contributed by atoms with Crippen LogP contribution in [0.4, 0.5) is 24.8 Å². The second kappa shape index (κ2) is 12.3. The summed E-state index contributed by atoms with van der Waals surface area (Å²) in [5, 5.41) is 18.5. The molecule has 10 heteroatoms. The van der Waals surface area contributed by atoms with Gasteiger partial charge in [0.05, 0.1) is 18.8 Å². The molecule has 0 saturated carbocycles. The van der Waals surface area contributed by atoms with E-state index in [1.165, 1.54) is 6.07 Å². The van der Waals surface area contributed by atoms with E-state index >= 15 is 0 Å². The maximum atomic E-state index is 12.9. The lowest BCUT2D eigenvalue weighted by molar-refractivity contribution is -0.137. The van der Waals surface area contributed by atoms with Crippen LogP contribution in [0.3, 0.4) is 0 Å². The first kappa shape index (κ1) is 27.6. The van der Waals surface area contributed by atoms with Crippen LogP contribution in [0.2, 0.25) is 0 Å². The summed E-state index contributed by atoms with van der Waals surface area (Å²) in [7, 11) is 0. The summed E-state index contributed by atoms with van der Waals surface area (Å²) >= 11 is 0. The van der Waals surface area contributed by atoms with Gasteiger partial charge in [-0.25, -0.2) is 9.97 Å². The monoisotopic (exact) mass is 505 g/mol. The molecule has 2 N–H and O–H groups in total. The maximum Gasteiger partial charge on any atom is 0.417 e. The first-order valence-electron chi connectivity index (χ1n) is 12.0. The summed E-state index contributed by atoms with van der Waals surface area (Å²) in [6.07, 6.45) is 0.284. The van der Waals surface area contributed by atoms with Gasteiger partial charge in [-0.2, -0.15) is 13.2 Å². The van der Waals surface area contributed by atoms with Crippen molar-refractivity contribution in [2.45, 2.75) is 26.1 Å². The van der Waals surface area contributed by atoms with Gasteiger partial charge < -0.3 is 20.0 Å². The van der Waals surface area contributed by atoms with E-state index in [2.05, 4.69) is 21.4 Å².